The first-order valence-corrected chi connectivity index (χ1v) is 9.73. The van der Waals surface area contributed by atoms with Gasteiger partial charge in [-0.1, -0.05) is 12.2 Å². The molecule has 7 nitrogen and oxygen atoms in total. The fourth-order valence-electron chi connectivity index (χ4n) is 3.41. The minimum atomic E-state index is -0.499. The van der Waals surface area contributed by atoms with Crippen molar-refractivity contribution in [2.45, 2.75) is 45.6 Å². The lowest BCUT2D eigenvalue weighted by atomic mass is 9.87. The molecule has 0 saturated heterocycles. The Kier molecular flexibility index (Phi) is 8.26. The van der Waals surface area contributed by atoms with Crippen molar-refractivity contribution < 1.29 is 28.5 Å². The Morgan fingerprint density at radius 1 is 1.07 bits per heavy atom. The van der Waals surface area contributed by atoms with Gasteiger partial charge in [0.15, 0.2) is 0 Å². The Balaban J connectivity index is 1.36. The molecular weight excluding hydrogens is 350 g/mol. The number of hydrogen-bond acceptors (Lipinski definition) is 6. The fraction of sp³-hybridized carbons (Fsp3) is 0.800. The molecule has 7 heteroatoms. The first-order chi connectivity index (χ1) is 12.8. The van der Waals surface area contributed by atoms with E-state index < -0.39 is 5.60 Å². The lowest BCUT2D eigenvalue weighted by Crippen LogP contribution is -2.39. The van der Waals surface area contributed by atoms with E-state index in [4.69, 9.17) is 18.9 Å². The third kappa shape index (κ3) is 7.60. The van der Waals surface area contributed by atoms with Gasteiger partial charge in [-0.25, -0.2) is 4.79 Å². The van der Waals surface area contributed by atoms with Crippen molar-refractivity contribution in [3.8, 4) is 0 Å². The van der Waals surface area contributed by atoms with Crippen LogP contribution in [0.4, 0.5) is 0 Å². The van der Waals surface area contributed by atoms with Gasteiger partial charge in [-0.2, -0.15) is 0 Å². The molecule has 1 amide bonds. The van der Waals surface area contributed by atoms with Crippen LogP contribution in [0, 0.1) is 11.3 Å². The van der Waals surface area contributed by atoms with Crippen molar-refractivity contribution in [2.75, 3.05) is 46.2 Å². The average molecular weight is 383 g/mol. The number of carbonyl (C=O) groups is 2. The average Bonchev–Trinajstić information content (AvgIpc) is 3.20. The molecule has 2 unspecified atom stereocenters. The van der Waals surface area contributed by atoms with E-state index in [1.165, 1.54) is 0 Å². The fourth-order valence-corrected chi connectivity index (χ4v) is 3.41. The summed E-state index contributed by atoms with van der Waals surface area (Å²) in [6, 6.07) is 0. The van der Waals surface area contributed by atoms with Gasteiger partial charge >= 0.3 is 5.97 Å². The van der Waals surface area contributed by atoms with Crippen molar-refractivity contribution >= 4 is 11.9 Å². The summed E-state index contributed by atoms with van der Waals surface area (Å²) in [6.07, 6.45) is 7.30. The molecule has 0 heterocycles. The molecule has 0 spiro atoms. The summed E-state index contributed by atoms with van der Waals surface area (Å²) in [5, 5.41) is 2.97. The minimum Gasteiger partial charge on any atom is -0.458 e. The first-order valence-electron chi connectivity index (χ1n) is 9.73. The second-order valence-corrected chi connectivity index (χ2v) is 8.14. The van der Waals surface area contributed by atoms with Gasteiger partial charge in [0.05, 0.1) is 38.4 Å². The van der Waals surface area contributed by atoms with Crippen LogP contribution < -0.4 is 5.32 Å². The molecule has 2 aliphatic carbocycles. The van der Waals surface area contributed by atoms with Crippen molar-refractivity contribution in [2.24, 2.45) is 11.3 Å². The molecule has 0 radical (unpaired) electrons. The van der Waals surface area contributed by atoms with E-state index >= 15 is 0 Å². The zero-order valence-corrected chi connectivity index (χ0v) is 16.8. The molecule has 2 rings (SSSR count). The van der Waals surface area contributed by atoms with Crippen LogP contribution in [0.3, 0.4) is 0 Å². The largest absolute Gasteiger partial charge is 0.458 e. The zero-order chi connectivity index (χ0) is 19.8. The van der Waals surface area contributed by atoms with E-state index in [-0.39, 0.29) is 23.9 Å². The molecular formula is C20H33NO6. The number of ether oxygens (including phenoxy) is 4. The number of carbonyl (C=O) groups excluding carboxylic acids is 2. The molecule has 1 fully saturated rings. The zero-order valence-electron chi connectivity index (χ0n) is 16.8. The van der Waals surface area contributed by atoms with Crippen molar-refractivity contribution in [1.82, 2.24) is 5.32 Å². The lowest BCUT2D eigenvalue weighted by Gasteiger charge is -2.22. The van der Waals surface area contributed by atoms with E-state index in [1.54, 1.807) is 0 Å². The first kappa shape index (κ1) is 21.9. The number of nitrogens with one attached hydrogen (secondary N) is 1. The van der Waals surface area contributed by atoms with Crippen molar-refractivity contribution in [3.05, 3.63) is 12.2 Å². The van der Waals surface area contributed by atoms with Crippen LogP contribution in [-0.4, -0.2) is 63.7 Å². The Hall–Kier alpha value is -1.44. The topological polar surface area (TPSA) is 83.1 Å². The van der Waals surface area contributed by atoms with Gasteiger partial charge in [-0.15, -0.1) is 0 Å². The molecule has 2 aliphatic rings. The molecule has 0 aromatic carbocycles. The summed E-state index contributed by atoms with van der Waals surface area (Å²) in [4.78, 5) is 23.7. The number of amides is 1. The second-order valence-electron chi connectivity index (χ2n) is 8.14. The minimum absolute atomic E-state index is 0.0751. The van der Waals surface area contributed by atoms with E-state index in [2.05, 4.69) is 17.5 Å². The molecule has 2 bridgehead atoms. The van der Waals surface area contributed by atoms with Crippen LogP contribution in [0.25, 0.3) is 0 Å². The third-order valence-corrected chi connectivity index (χ3v) is 4.64. The Morgan fingerprint density at radius 2 is 1.74 bits per heavy atom. The van der Waals surface area contributed by atoms with Crippen molar-refractivity contribution in [1.29, 1.82) is 0 Å². The Labute approximate surface area is 161 Å². The standard InChI is InChI=1S/C20H33NO6/c1-19(2,3)27-17(22)15-26-13-12-25-11-10-24-9-8-21-18(23)20-6-4-16(14-20)5-7-20/h4,6,16H,5,7-15H2,1-3H3,(H,21,23). The lowest BCUT2D eigenvalue weighted by molar-refractivity contribution is -0.160. The predicted octanol–water partition coefficient (Wildman–Crippen LogP) is 1.85. The van der Waals surface area contributed by atoms with Gasteiger partial charge in [0.1, 0.15) is 12.2 Å². The van der Waals surface area contributed by atoms with E-state index in [9.17, 15) is 9.59 Å². The highest BCUT2D eigenvalue weighted by atomic mass is 16.6. The normalized spacial score (nSPS) is 23.6. The second kappa shape index (κ2) is 10.2. The summed E-state index contributed by atoms with van der Waals surface area (Å²) >= 11 is 0. The molecule has 1 saturated carbocycles. The Morgan fingerprint density at radius 3 is 2.30 bits per heavy atom. The number of rotatable bonds is 12. The summed E-state index contributed by atoms with van der Waals surface area (Å²) in [7, 11) is 0. The third-order valence-electron chi connectivity index (χ3n) is 4.64. The van der Waals surface area contributed by atoms with Crippen LogP contribution in [0.5, 0.6) is 0 Å². The maximum Gasteiger partial charge on any atom is 0.332 e. The molecule has 0 aromatic rings. The van der Waals surface area contributed by atoms with Gasteiger partial charge < -0.3 is 24.3 Å². The SMILES string of the molecule is CC(C)(C)OC(=O)COCCOCCOCCNC(=O)C12C=CC(CC1)C2. The number of hydrogen-bond donors (Lipinski definition) is 1. The summed E-state index contributed by atoms with van der Waals surface area (Å²) in [5.74, 6) is 0.339. The van der Waals surface area contributed by atoms with Gasteiger partial charge in [0.25, 0.3) is 0 Å². The van der Waals surface area contributed by atoms with E-state index in [0.717, 1.165) is 19.3 Å². The van der Waals surface area contributed by atoms with Gasteiger partial charge in [0.2, 0.25) is 5.91 Å². The smallest absolute Gasteiger partial charge is 0.332 e. The quantitative estimate of drug-likeness (QED) is 0.315. The molecule has 154 valence electrons. The number of fused-ring (bicyclic) bond motifs is 2. The van der Waals surface area contributed by atoms with E-state index in [0.29, 0.717) is 45.5 Å². The van der Waals surface area contributed by atoms with Gasteiger partial charge in [-0.05, 0) is 46.0 Å². The van der Waals surface area contributed by atoms with Gasteiger partial charge in [-0.3, -0.25) is 4.79 Å². The highest BCUT2D eigenvalue weighted by molar-refractivity contribution is 5.85. The molecule has 27 heavy (non-hydrogen) atoms. The predicted molar refractivity (Wildman–Crippen MR) is 100 cm³/mol. The maximum absolute atomic E-state index is 12.3. The van der Waals surface area contributed by atoms with E-state index in [1.807, 2.05) is 20.8 Å². The molecule has 0 aliphatic heterocycles. The highest BCUT2D eigenvalue weighted by Gasteiger charge is 2.46. The Bertz CT molecular complexity index is 527. The monoisotopic (exact) mass is 383 g/mol. The van der Waals surface area contributed by atoms with Crippen LogP contribution >= 0.6 is 0 Å². The van der Waals surface area contributed by atoms with Crippen LogP contribution in [0.2, 0.25) is 0 Å². The highest BCUT2D eigenvalue weighted by Crippen LogP contribution is 2.49. The van der Waals surface area contributed by atoms with Crippen LogP contribution in [-0.2, 0) is 28.5 Å². The van der Waals surface area contributed by atoms with Gasteiger partial charge in [0, 0.05) is 6.54 Å². The van der Waals surface area contributed by atoms with Crippen LogP contribution in [0.15, 0.2) is 12.2 Å². The van der Waals surface area contributed by atoms with Crippen LogP contribution in [0.1, 0.15) is 40.0 Å². The van der Waals surface area contributed by atoms with Crippen molar-refractivity contribution in [3.63, 3.8) is 0 Å². The summed E-state index contributed by atoms with van der Waals surface area (Å²) in [6.45, 7) is 7.95. The number of esters is 1. The maximum atomic E-state index is 12.3. The molecule has 0 aromatic heterocycles. The molecule has 2 atom stereocenters. The number of allylic oxidation sites excluding steroid dienone is 1. The summed E-state index contributed by atoms with van der Waals surface area (Å²) < 4.78 is 21.1. The summed E-state index contributed by atoms with van der Waals surface area (Å²) in [5.41, 5.74) is -0.756. The molecule has 1 N–H and O–H groups in total.